The average molecular weight is 352 g/mol. The number of nitrogens with two attached hydrogens (primary N) is 1. The highest BCUT2D eigenvalue weighted by atomic mass is 35.5. The predicted molar refractivity (Wildman–Crippen MR) is 90.7 cm³/mol. The number of carboxylic acids is 1. The molecule has 0 aliphatic heterocycles. The van der Waals surface area contributed by atoms with Crippen molar-refractivity contribution in [3.63, 3.8) is 0 Å². The number of aliphatic carboxylic acids is 1. The number of unbranched alkanes of at least 4 members (excludes halogenated alkanes) is 7. The van der Waals surface area contributed by atoms with Crippen LogP contribution in [-0.2, 0) is 19.1 Å². The van der Waals surface area contributed by atoms with Crippen LogP contribution >= 0.6 is 12.4 Å². The lowest BCUT2D eigenvalue weighted by atomic mass is 10.1. The van der Waals surface area contributed by atoms with Crippen LogP contribution < -0.4 is 5.73 Å². The molecule has 0 aromatic heterocycles. The number of carboxylic acid groups (broad SMARTS) is 1. The lowest BCUT2D eigenvalue weighted by molar-refractivity contribution is -0.144. The Morgan fingerprint density at radius 2 is 1.30 bits per heavy atom. The molecular formula is C16H30ClNO5. The van der Waals surface area contributed by atoms with Gasteiger partial charge in [0.25, 0.3) is 0 Å². The van der Waals surface area contributed by atoms with E-state index in [-0.39, 0.29) is 50.0 Å². The Morgan fingerprint density at radius 1 is 0.783 bits per heavy atom. The van der Waals surface area contributed by atoms with Crippen LogP contribution in [0.25, 0.3) is 0 Å². The van der Waals surface area contributed by atoms with Gasteiger partial charge >= 0.3 is 11.9 Å². The van der Waals surface area contributed by atoms with Gasteiger partial charge in [-0.2, -0.15) is 0 Å². The molecule has 0 heterocycles. The van der Waals surface area contributed by atoms with E-state index in [0.29, 0.717) is 6.61 Å². The standard InChI is InChI=1S/C16H29NO5.ClH/c17-13-14(18)10-11-16(21)22-12-8-6-4-2-1-3-5-7-9-15(19)20;/h1-13,17H2,(H,19,20);1H. The van der Waals surface area contributed by atoms with Gasteiger partial charge in [0.2, 0.25) is 0 Å². The van der Waals surface area contributed by atoms with E-state index in [9.17, 15) is 14.4 Å². The number of esters is 1. The van der Waals surface area contributed by atoms with E-state index in [4.69, 9.17) is 15.6 Å². The molecule has 0 fully saturated rings. The Morgan fingerprint density at radius 3 is 1.83 bits per heavy atom. The number of rotatable bonds is 15. The molecule has 6 nitrogen and oxygen atoms in total. The molecule has 0 aliphatic carbocycles. The van der Waals surface area contributed by atoms with Gasteiger partial charge in [-0.15, -0.1) is 12.4 Å². The molecule has 0 unspecified atom stereocenters. The maximum absolute atomic E-state index is 11.3. The molecule has 3 N–H and O–H groups in total. The fraction of sp³-hybridized carbons (Fsp3) is 0.812. The molecule has 0 amide bonds. The van der Waals surface area contributed by atoms with Crippen molar-refractivity contribution in [3.8, 4) is 0 Å². The van der Waals surface area contributed by atoms with E-state index in [1.54, 1.807) is 0 Å². The van der Waals surface area contributed by atoms with Gasteiger partial charge in [-0.1, -0.05) is 38.5 Å². The predicted octanol–water partition coefficient (Wildman–Crippen LogP) is 2.85. The zero-order chi connectivity index (χ0) is 16.6. The van der Waals surface area contributed by atoms with Crippen molar-refractivity contribution in [2.24, 2.45) is 5.73 Å². The quantitative estimate of drug-likeness (QED) is 0.347. The Labute approximate surface area is 144 Å². The second kappa shape index (κ2) is 17.2. The summed E-state index contributed by atoms with van der Waals surface area (Å²) in [6, 6.07) is 0. The number of carbonyl (C=O) groups is 3. The molecular weight excluding hydrogens is 322 g/mol. The SMILES string of the molecule is Cl.NCC(=O)CCC(=O)OCCCCCCCCCCC(=O)O. The summed E-state index contributed by atoms with van der Waals surface area (Å²) in [7, 11) is 0. The van der Waals surface area contributed by atoms with E-state index in [0.717, 1.165) is 51.4 Å². The van der Waals surface area contributed by atoms with Crippen LogP contribution in [0.15, 0.2) is 0 Å². The highest BCUT2D eigenvalue weighted by Crippen LogP contribution is 2.10. The van der Waals surface area contributed by atoms with E-state index < -0.39 is 5.97 Å². The summed E-state index contributed by atoms with van der Waals surface area (Å²) in [5, 5.41) is 8.49. The summed E-state index contributed by atoms with van der Waals surface area (Å²) in [6.07, 6.45) is 8.58. The van der Waals surface area contributed by atoms with Crippen LogP contribution in [0.4, 0.5) is 0 Å². The summed E-state index contributed by atoms with van der Waals surface area (Å²) < 4.78 is 5.03. The molecule has 0 bridgehead atoms. The number of ketones is 1. The summed E-state index contributed by atoms with van der Waals surface area (Å²) in [5.74, 6) is -1.18. The van der Waals surface area contributed by atoms with Crippen molar-refractivity contribution < 1.29 is 24.2 Å². The smallest absolute Gasteiger partial charge is 0.306 e. The van der Waals surface area contributed by atoms with Crippen LogP contribution in [0.5, 0.6) is 0 Å². The zero-order valence-electron chi connectivity index (χ0n) is 13.8. The largest absolute Gasteiger partial charge is 0.481 e. The van der Waals surface area contributed by atoms with Crippen molar-refractivity contribution in [1.29, 1.82) is 0 Å². The first-order valence-electron chi connectivity index (χ1n) is 8.15. The maximum Gasteiger partial charge on any atom is 0.306 e. The molecule has 0 aromatic carbocycles. The van der Waals surface area contributed by atoms with Gasteiger partial charge in [0.1, 0.15) is 5.78 Å². The van der Waals surface area contributed by atoms with Crippen molar-refractivity contribution in [1.82, 2.24) is 0 Å². The Bertz CT molecular complexity index is 336. The summed E-state index contributed by atoms with van der Waals surface area (Å²) in [4.78, 5) is 32.5. The Hall–Kier alpha value is -1.14. The number of carbonyl (C=O) groups excluding carboxylic acids is 2. The first kappa shape index (κ1) is 24.1. The minimum Gasteiger partial charge on any atom is -0.481 e. The lowest BCUT2D eigenvalue weighted by Gasteiger charge is -2.04. The van der Waals surface area contributed by atoms with E-state index in [2.05, 4.69) is 0 Å². The van der Waals surface area contributed by atoms with Gasteiger partial charge in [0, 0.05) is 12.8 Å². The molecule has 136 valence electrons. The van der Waals surface area contributed by atoms with Gasteiger partial charge in [-0.25, -0.2) is 0 Å². The fourth-order valence-corrected chi connectivity index (χ4v) is 2.04. The molecule has 23 heavy (non-hydrogen) atoms. The fourth-order valence-electron chi connectivity index (χ4n) is 2.04. The first-order valence-corrected chi connectivity index (χ1v) is 8.15. The van der Waals surface area contributed by atoms with Crippen LogP contribution in [-0.4, -0.2) is 36.0 Å². The van der Waals surface area contributed by atoms with Gasteiger partial charge in [0.05, 0.1) is 19.6 Å². The number of Topliss-reactive ketones (excluding diaryl/α,β-unsaturated/α-hetero) is 1. The molecule has 0 atom stereocenters. The number of halogens is 1. The van der Waals surface area contributed by atoms with Crippen molar-refractivity contribution >= 4 is 30.1 Å². The third kappa shape index (κ3) is 18.8. The van der Waals surface area contributed by atoms with Crippen LogP contribution in [0.3, 0.4) is 0 Å². The van der Waals surface area contributed by atoms with E-state index in [1.165, 1.54) is 0 Å². The van der Waals surface area contributed by atoms with Crippen LogP contribution in [0.2, 0.25) is 0 Å². The number of hydrogen-bond acceptors (Lipinski definition) is 5. The molecule has 0 aliphatic rings. The monoisotopic (exact) mass is 351 g/mol. The summed E-state index contributed by atoms with van der Waals surface area (Å²) >= 11 is 0. The van der Waals surface area contributed by atoms with Gasteiger partial charge in [0.15, 0.2) is 0 Å². The second-order valence-corrected chi connectivity index (χ2v) is 5.44. The van der Waals surface area contributed by atoms with Crippen molar-refractivity contribution in [2.45, 2.75) is 70.6 Å². The third-order valence-electron chi connectivity index (χ3n) is 3.38. The maximum atomic E-state index is 11.3. The highest BCUT2D eigenvalue weighted by molar-refractivity contribution is 5.85. The molecule has 7 heteroatoms. The first-order chi connectivity index (χ1) is 10.6. The number of ether oxygens (including phenoxy) is 1. The van der Waals surface area contributed by atoms with Crippen LogP contribution in [0.1, 0.15) is 70.6 Å². The van der Waals surface area contributed by atoms with Gasteiger partial charge in [-0.3, -0.25) is 14.4 Å². The number of hydrogen-bond donors (Lipinski definition) is 2. The molecule has 0 spiro atoms. The molecule has 0 radical (unpaired) electrons. The minimum absolute atomic E-state index is 0. The minimum atomic E-state index is -0.720. The van der Waals surface area contributed by atoms with E-state index in [1.807, 2.05) is 0 Å². The summed E-state index contributed by atoms with van der Waals surface area (Å²) in [6.45, 7) is 0.387. The van der Waals surface area contributed by atoms with Crippen molar-refractivity contribution in [2.75, 3.05) is 13.2 Å². The average Bonchev–Trinajstić information content (AvgIpc) is 2.49. The Balaban J connectivity index is 0. The normalized spacial score (nSPS) is 9.96. The lowest BCUT2D eigenvalue weighted by Crippen LogP contribution is -2.15. The molecule has 0 saturated carbocycles. The topological polar surface area (TPSA) is 107 Å². The van der Waals surface area contributed by atoms with E-state index >= 15 is 0 Å². The highest BCUT2D eigenvalue weighted by Gasteiger charge is 2.06. The molecule has 0 saturated heterocycles. The van der Waals surface area contributed by atoms with Gasteiger partial charge < -0.3 is 15.6 Å². The summed E-state index contributed by atoms with van der Waals surface area (Å²) in [5.41, 5.74) is 5.15. The zero-order valence-corrected chi connectivity index (χ0v) is 14.6. The third-order valence-corrected chi connectivity index (χ3v) is 3.38. The van der Waals surface area contributed by atoms with Crippen molar-refractivity contribution in [3.05, 3.63) is 0 Å². The van der Waals surface area contributed by atoms with Crippen LogP contribution in [0, 0.1) is 0 Å². The molecule has 0 aromatic rings. The Kier molecular flexibility index (Phi) is 18.1. The molecule has 0 rings (SSSR count). The van der Waals surface area contributed by atoms with Gasteiger partial charge in [-0.05, 0) is 12.8 Å². The second-order valence-electron chi connectivity index (χ2n) is 5.44.